The van der Waals surface area contributed by atoms with Crippen LogP contribution in [0.15, 0.2) is 0 Å². The normalized spacial score (nSPS) is 26.7. The molecule has 8 heteroatoms. The molecule has 1 aromatic heterocycles. The lowest BCUT2D eigenvalue weighted by Gasteiger charge is -2.42. The standard InChI is InChI=1S/C26H40N4O3S/c1-25(2,3)33-24(32)28-14-18-10-11-19(15-28)30(18)23-27-20-13-26(4,5)29(16-21(20)34-23)22(31)12-17-8-6-7-9-17/h17-19H,6-16H2,1-5H3. The van der Waals surface area contributed by atoms with Crippen LogP contribution in [0.2, 0.25) is 0 Å². The molecule has 0 aromatic carbocycles. The molecule has 0 N–H and O–H groups in total. The average Bonchev–Trinajstić information content (AvgIpc) is 3.43. The van der Waals surface area contributed by atoms with E-state index in [-0.39, 0.29) is 23.7 Å². The highest BCUT2D eigenvalue weighted by Crippen LogP contribution is 2.42. The van der Waals surface area contributed by atoms with Crippen LogP contribution in [0.5, 0.6) is 0 Å². The number of fused-ring (bicyclic) bond motifs is 3. The lowest BCUT2D eigenvalue weighted by molar-refractivity contribution is -0.139. The monoisotopic (exact) mass is 488 g/mol. The topological polar surface area (TPSA) is 66.0 Å². The summed E-state index contributed by atoms with van der Waals surface area (Å²) in [6.45, 7) is 12.2. The van der Waals surface area contributed by atoms with Gasteiger partial charge in [-0.1, -0.05) is 24.2 Å². The first-order valence-corrected chi connectivity index (χ1v) is 13.9. The van der Waals surface area contributed by atoms with E-state index in [1.807, 2.05) is 25.7 Å². The zero-order valence-electron chi connectivity index (χ0n) is 21.4. The summed E-state index contributed by atoms with van der Waals surface area (Å²) in [6, 6.07) is 0.568. The smallest absolute Gasteiger partial charge is 0.410 e. The van der Waals surface area contributed by atoms with Gasteiger partial charge in [0.05, 0.1) is 12.2 Å². The molecule has 2 bridgehead atoms. The molecule has 7 nitrogen and oxygen atoms in total. The van der Waals surface area contributed by atoms with E-state index < -0.39 is 5.60 Å². The van der Waals surface area contributed by atoms with Crippen LogP contribution >= 0.6 is 11.3 Å². The van der Waals surface area contributed by atoms with Gasteiger partial charge in [-0.2, -0.15) is 0 Å². The minimum Gasteiger partial charge on any atom is -0.444 e. The Bertz CT molecular complexity index is 932. The minimum absolute atomic E-state index is 0.206. The zero-order valence-corrected chi connectivity index (χ0v) is 22.2. The van der Waals surface area contributed by atoms with Crippen molar-refractivity contribution in [2.24, 2.45) is 5.92 Å². The molecule has 1 aliphatic carbocycles. The van der Waals surface area contributed by atoms with E-state index in [4.69, 9.17) is 9.72 Å². The van der Waals surface area contributed by atoms with Crippen molar-refractivity contribution >= 4 is 28.5 Å². The fourth-order valence-corrected chi connectivity index (χ4v) is 7.50. The van der Waals surface area contributed by atoms with Gasteiger partial charge in [-0.05, 0) is 66.2 Å². The van der Waals surface area contributed by atoms with Gasteiger partial charge >= 0.3 is 6.09 Å². The molecule has 2 amide bonds. The Labute approximate surface area is 207 Å². The fraction of sp³-hybridized carbons (Fsp3) is 0.808. The van der Waals surface area contributed by atoms with E-state index in [1.165, 1.54) is 30.6 Å². The van der Waals surface area contributed by atoms with Gasteiger partial charge in [0, 0.05) is 48.4 Å². The number of thiazole rings is 1. The number of rotatable bonds is 3. The molecular weight excluding hydrogens is 448 g/mol. The second-order valence-electron chi connectivity index (χ2n) is 12.4. The number of nitrogens with zero attached hydrogens (tertiary/aromatic N) is 4. The summed E-state index contributed by atoms with van der Waals surface area (Å²) in [5.74, 6) is 0.877. The van der Waals surface area contributed by atoms with Crippen molar-refractivity contribution < 1.29 is 14.3 Å². The van der Waals surface area contributed by atoms with E-state index in [1.54, 1.807) is 11.3 Å². The van der Waals surface area contributed by atoms with Gasteiger partial charge < -0.3 is 19.4 Å². The molecule has 34 heavy (non-hydrogen) atoms. The second kappa shape index (κ2) is 8.68. The number of amides is 2. The summed E-state index contributed by atoms with van der Waals surface area (Å²) in [5, 5.41) is 1.07. The highest BCUT2D eigenvalue weighted by Gasteiger charge is 2.45. The van der Waals surface area contributed by atoms with Gasteiger partial charge in [-0.3, -0.25) is 4.79 Å². The summed E-state index contributed by atoms with van der Waals surface area (Å²) < 4.78 is 5.63. The van der Waals surface area contributed by atoms with Crippen LogP contribution in [0.4, 0.5) is 9.93 Å². The van der Waals surface area contributed by atoms with Crippen LogP contribution < -0.4 is 4.90 Å². The van der Waals surface area contributed by atoms with E-state index in [0.717, 1.165) is 30.1 Å². The molecule has 4 aliphatic rings. The highest BCUT2D eigenvalue weighted by atomic mass is 32.1. The summed E-state index contributed by atoms with van der Waals surface area (Å²) in [7, 11) is 0. The van der Waals surface area contributed by atoms with Crippen molar-refractivity contribution in [3.63, 3.8) is 0 Å². The summed E-state index contributed by atoms with van der Waals surface area (Å²) in [6.07, 6.45) is 8.39. The molecule has 3 fully saturated rings. The largest absolute Gasteiger partial charge is 0.444 e. The van der Waals surface area contributed by atoms with Crippen molar-refractivity contribution in [3.8, 4) is 0 Å². The summed E-state index contributed by atoms with van der Waals surface area (Å²) in [5.41, 5.74) is 0.474. The third-order valence-electron chi connectivity index (χ3n) is 7.99. The van der Waals surface area contributed by atoms with E-state index in [2.05, 4.69) is 23.6 Å². The number of aromatic nitrogens is 1. The van der Waals surface area contributed by atoms with Crippen LogP contribution in [0.1, 0.15) is 90.1 Å². The summed E-state index contributed by atoms with van der Waals surface area (Å²) in [4.78, 5) is 38.7. The maximum Gasteiger partial charge on any atom is 0.410 e. The first-order chi connectivity index (χ1) is 16.0. The van der Waals surface area contributed by atoms with Crippen molar-refractivity contribution in [1.29, 1.82) is 0 Å². The van der Waals surface area contributed by atoms with Gasteiger partial charge in [0.2, 0.25) is 5.91 Å². The van der Waals surface area contributed by atoms with Crippen LogP contribution in [0.3, 0.4) is 0 Å². The first-order valence-electron chi connectivity index (χ1n) is 13.1. The number of piperazine rings is 1. The molecule has 2 atom stereocenters. The highest BCUT2D eigenvalue weighted by molar-refractivity contribution is 7.15. The second-order valence-corrected chi connectivity index (χ2v) is 13.4. The maximum absolute atomic E-state index is 13.3. The van der Waals surface area contributed by atoms with Gasteiger partial charge in [0.15, 0.2) is 5.13 Å². The molecule has 3 aliphatic heterocycles. The fourth-order valence-electron chi connectivity index (χ4n) is 6.29. The van der Waals surface area contributed by atoms with Gasteiger partial charge in [0.25, 0.3) is 0 Å². The molecule has 2 unspecified atom stereocenters. The summed E-state index contributed by atoms with van der Waals surface area (Å²) >= 11 is 1.76. The number of likely N-dealkylation sites (tertiary alicyclic amines) is 1. The van der Waals surface area contributed by atoms with E-state index >= 15 is 0 Å². The van der Waals surface area contributed by atoms with Crippen LogP contribution in [0.25, 0.3) is 0 Å². The molecule has 0 radical (unpaired) electrons. The van der Waals surface area contributed by atoms with Crippen molar-refractivity contribution in [3.05, 3.63) is 10.6 Å². The molecule has 2 saturated heterocycles. The Morgan fingerprint density at radius 1 is 1.09 bits per heavy atom. The van der Waals surface area contributed by atoms with E-state index in [9.17, 15) is 9.59 Å². The number of carbonyl (C=O) groups excluding carboxylic acids is 2. The molecule has 5 rings (SSSR count). The number of carbonyl (C=O) groups is 2. The quantitative estimate of drug-likeness (QED) is 0.601. The van der Waals surface area contributed by atoms with Crippen LogP contribution in [-0.2, 0) is 22.5 Å². The lowest BCUT2D eigenvalue weighted by atomic mass is 9.90. The molecule has 4 heterocycles. The molecular formula is C26H40N4O3S. The Hall–Kier alpha value is -1.83. The van der Waals surface area contributed by atoms with Crippen molar-refractivity contribution in [2.45, 2.75) is 116 Å². The first kappa shape index (κ1) is 23.9. The third kappa shape index (κ3) is 4.67. The molecule has 0 spiro atoms. The molecule has 1 saturated carbocycles. The Morgan fingerprint density at radius 3 is 2.35 bits per heavy atom. The van der Waals surface area contributed by atoms with Gasteiger partial charge in [-0.15, -0.1) is 0 Å². The average molecular weight is 489 g/mol. The molecule has 1 aromatic rings. The number of hydrogen-bond donors (Lipinski definition) is 0. The van der Waals surface area contributed by atoms with Crippen LogP contribution in [0, 0.1) is 5.92 Å². The SMILES string of the molecule is CC(C)(C)OC(=O)N1CC2CCC(C1)N2c1nc2c(s1)CN(C(=O)CC1CCCC1)C(C)(C)C2. The number of anilines is 1. The predicted octanol–water partition coefficient (Wildman–Crippen LogP) is 4.97. The van der Waals surface area contributed by atoms with Crippen molar-refractivity contribution in [1.82, 2.24) is 14.8 Å². The Balaban J connectivity index is 1.29. The predicted molar refractivity (Wildman–Crippen MR) is 134 cm³/mol. The van der Waals surface area contributed by atoms with Gasteiger partial charge in [-0.25, -0.2) is 9.78 Å². The maximum atomic E-state index is 13.3. The lowest BCUT2D eigenvalue weighted by Crippen LogP contribution is -2.56. The van der Waals surface area contributed by atoms with Crippen molar-refractivity contribution in [2.75, 3.05) is 18.0 Å². The Kier molecular flexibility index (Phi) is 6.10. The van der Waals surface area contributed by atoms with Gasteiger partial charge in [0.1, 0.15) is 5.60 Å². The third-order valence-corrected chi connectivity index (χ3v) is 9.09. The molecule has 188 valence electrons. The van der Waals surface area contributed by atoms with E-state index in [0.29, 0.717) is 37.9 Å². The number of ether oxygens (including phenoxy) is 1. The minimum atomic E-state index is -0.477. The number of hydrogen-bond acceptors (Lipinski definition) is 6. The Morgan fingerprint density at radius 2 is 1.74 bits per heavy atom. The zero-order chi connectivity index (χ0) is 24.3. The van der Waals surface area contributed by atoms with Crippen LogP contribution in [-0.4, -0.2) is 63.1 Å².